The van der Waals surface area contributed by atoms with E-state index in [0.29, 0.717) is 25.5 Å². The maximum Gasteiger partial charge on any atom is 0.243 e. The van der Waals surface area contributed by atoms with E-state index in [1.807, 2.05) is 0 Å². The van der Waals surface area contributed by atoms with Crippen LogP contribution in [0.2, 0.25) is 0 Å². The van der Waals surface area contributed by atoms with Crippen molar-refractivity contribution in [2.45, 2.75) is 36.8 Å². The zero-order valence-corrected chi connectivity index (χ0v) is 14.9. The summed E-state index contributed by atoms with van der Waals surface area (Å²) >= 11 is 0. The number of ether oxygens (including phenoxy) is 2. The van der Waals surface area contributed by atoms with Crippen molar-refractivity contribution in [3.8, 4) is 5.75 Å². The van der Waals surface area contributed by atoms with Crippen molar-refractivity contribution >= 4 is 10.0 Å². The Balaban J connectivity index is 1.70. The number of fused-ring (bicyclic) bond motifs is 1. The van der Waals surface area contributed by atoms with Crippen LogP contribution >= 0.6 is 0 Å². The molecular formula is C17H21N3O4S. The first-order valence-electron chi connectivity index (χ1n) is 8.41. The van der Waals surface area contributed by atoms with Gasteiger partial charge in [-0.05, 0) is 25.0 Å². The van der Waals surface area contributed by atoms with Crippen molar-refractivity contribution in [2.75, 3.05) is 20.3 Å². The zero-order valence-electron chi connectivity index (χ0n) is 14.1. The largest absolute Gasteiger partial charge is 0.497 e. The number of hydrogen-bond donors (Lipinski definition) is 1. The van der Waals surface area contributed by atoms with E-state index in [9.17, 15) is 8.42 Å². The first-order chi connectivity index (χ1) is 12.1. The molecule has 4 rings (SSSR count). The Kier molecular flexibility index (Phi) is 4.26. The van der Waals surface area contributed by atoms with Gasteiger partial charge in [0.1, 0.15) is 5.75 Å². The Labute approximate surface area is 147 Å². The van der Waals surface area contributed by atoms with Crippen LogP contribution in [-0.2, 0) is 27.8 Å². The fourth-order valence-electron chi connectivity index (χ4n) is 3.61. The summed E-state index contributed by atoms with van der Waals surface area (Å²) in [5.41, 5.74) is 2.88. The molecule has 2 aromatic rings. The third-order valence-electron chi connectivity index (χ3n) is 4.89. The third kappa shape index (κ3) is 2.84. The average Bonchev–Trinajstić information content (AvgIpc) is 3.28. The molecule has 8 heteroatoms. The van der Waals surface area contributed by atoms with Gasteiger partial charge in [0.15, 0.2) is 0 Å². The molecule has 0 saturated carbocycles. The summed E-state index contributed by atoms with van der Waals surface area (Å²) < 4.78 is 38.6. The summed E-state index contributed by atoms with van der Waals surface area (Å²) in [6.07, 6.45) is 2.37. The predicted octanol–water partition coefficient (Wildman–Crippen LogP) is 2.02. The second-order valence-electron chi connectivity index (χ2n) is 6.32. The minimum Gasteiger partial charge on any atom is -0.497 e. The normalized spacial score (nSPS) is 21.2. The lowest BCUT2D eigenvalue weighted by Gasteiger charge is -2.24. The molecule has 25 heavy (non-hydrogen) atoms. The number of hydrogen-bond acceptors (Lipinski definition) is 5. The van der Waals surface area contributed by atoms with Crippen LogP contribution in [0.3, 0.4) is 0 Å². The lowest BCUT2D eigenvalue weighted by molar-refractivity contribution is 0.109. The van der Waals surface area contributed by atoms with Gasteiger partial charge in [0.2, 0.25) is 10.0 Å². The summed E-state index contributed by atoms with van der Waals surface area (Å²) in [4.78, 5) is 0.249. The molecule has 2 aliphatic heterocycles. The predicted molar refractivity (Wildman–Crippen MR) is 90.8 cm³/mol. The first-order valence-corrected chi connectivity index (χ1v) is 9.85. The van der Waals surface area contributed by atoms with E-state index in [-0.39, 0.29) is 10.9 Å². The van der Waals surface area contributed by atoms with Crippen LogP contribution < -0.4 is 4.74 Å². The zero-order chi connectivity index (χ0) is 17.4. The Bertz CT molecular complexity index is 878. The van der Waals surface area contributed by atoms with Crippen LogP contribution in [0.5, 0.6) is 5.75 Å². The number of aromatic nitrogens is 2. The van der Waals surface area contributed by atoms with Crippen LogP contribution in [0.15, 0.2) is 29.2 Å². The minimum atomic E-state index is -3.61. The van der Waals surface area contributed by atoms with E-state index in [2.05, 4.69) is 10.2 Å². The van der Waals surface area contributed by atoms with Crippen molar-refractivity contribution in [1.29, 1.82) is 0 Å². The van der Waals surface area contributed by atoms with Gasteiger partial charge in [0.05, 0.1) is 37.0 Å². The maximum atomic E-state index is 13.2. The molecule has 1 unspecified atom stereocenters. The fraction of sp³-hybridized carbons (Fsp3) is 0.471. The highest BCUT2D eigenvalue weighted by Gasteiger charge is 2.39. The lowest BCUT2D eigenvalue weighted by atomic mass is 10.0. The van der Waals surface area contributed by atoms with Gasteiger partial charge in [0, 0.05) is 30.3 Å². The number of methoxy groups -OCH3 is 1. The number of nitrogens with zero attached hydrogens (tertiary/aromatic N) is 2. The average molecular weight is 363 g/mol. The SMILES string of the molecule is COc1cccc(S(=O)(=O)N2CCCC2c2n[nH]c3c2COCC3)c1. The molecule has 1 saturated heterocycles. The number of aromatic amines is 1. The number of nitrogens with one attached hydrogen (secondary N) is 1. The Hall–Kier alpha value is -1.90. The second-order valence-corrected chi connectivity index (χ2v) is 8.21. The van der Waals surface area contributed by atoms with Gasteiger partial charge in [-0.1, -0.05) is 6.07 Å². The summed E-state index contributed by atoms with van der Waals surface area (Å²) in [5, 5.41) is 7.50. The summed E-state index contributed by atoms with van der Waals surface area (Å²) in [5.74, 6) is 0.530. The van der Waals surface area contributed by atoms with Crippen LogP contribution in [-0.4, -0.2) is 43.2 Å². The number of sulfonamides is 1. The molecule has 0 aliphatic carbocycles. The van der Waals surface area contributed by atoms with Crippen LogP contribution in [0.25, 0.3) is 0 Å². The van der Waals surface area contributed by atoms with Gasteiger partial charge in [-0.15, -0.1) is 0 Å². The number of benzene rings is 1. The van der Waals surface area contributed by atoms with Crippen molar-refractivity contribution in [3.05, 3.63) is 41.2 Å². The monoisotopic (exact) mass is 363 g/mol. The number of H-pyrrole nitrogens is 1. The third-order valence-corrected chi connectivity index (χ3v) is 6.80. The van der Waals surface area contributed by atoms with Crippen LogP contribution in [0.4, 0.5) is 0 Å². The van der Waals surface area contributed by atoms with Gasteiger partial charge in [-0.2, -0.15) is 9.40 Å². The topological polar surface area (TPSA) is 84.5 Å². The molecule has 2 aliphatic rings. The lowest BCUT2D eigenvalue weighted by Crippen LogP contribution is -2.31. The highest BCUT2D eigenvalue weighted by molar-refractivity contribution is 7.89. The molecule has 134 valence electrons. The maximum absolute atomic E-state index is 13.2. The highest BCUT2D eigenvalue weighted by Crippen LogP contribution is 2.38. The molecule has 1 fully saturated rings. The van der Waals surface area contributed by atoms with E-state index < -0.39 is 10.0 Å². The first kappa shape index (κ1) is 16.6. The fourth-order valence-corrected chi connectivity index (χ4v) is 5.30. The van der Waals surface area contributed by atoms with E-state index in [1.165, 1.54) is 7.11 Å². The molecule has 0 radical (unpaired) electrons. The van der Waals surface area contributed by atoms with Crippen LogP contribution in [0.1, 0.15) is 35.8 Å². The van der Waals surface area contributed by atoms with Gasteiger partial charge < -0.3 is 9.47 Å². The van der Waals surface area contributed by atoms with Gasteiger partial charge >= 0.3 is 0 Å². The molecule has 1 N–H and O–H groups in total. The van der Waals surface area contributed by atoms with E-state index in [0.717, 1.165) is 36.2 Å². The smallest absolute Gasteiger partial charge is 0.243 e. The van der Waals surface area contributed by atoms with Crippen molar-refractivity contribution < 1.29 is 17.9 Å². The molecule has 1 aromatic heterocycles. The van der Waals surface area contributed by atoms with Gasteiger partial charge in [-0.25, -0.2) is 8.42 Å². The highest BCUT2D eigenvalue weighted by atomic mass is 32.2. The molecule has 0 spiro atoms. The standard InChI is InChI=1S/C17H21N3O4S/c1-23-12-4-2-5-13(10-12)25(21,22)20-8-3-6-16(20)17-14-11-24-9-7-15(14)18-19-17/h2,4-5,10,16H,3,6-9,11H2,1H3,(H,18,19). The van der Waals surface area contributed by atoms with E-state index in [4.69, 9.17) is 9.47 Å². The molecule has 1 aromatic carbocycles. The number of rotatable bonds is 4. The Morgan fingerprint density at radius 1 is 1.40 bits per heavy atom. The van der Waals surface area contributed by atoms with Crippen molar-refractivity contribution in [2.24, 2.45) is 0 Å². The summed E-state index contributed by atoms with van der Waals surface area (Å²) in [7, 11) is -2.09. The molecule has 3 heterocycles. The second kappa shape index (κ2) is 6.44. The van der Waals surface area contributed by atoms with Crippen LogP contribution in [0, 0.1) is 0 Å². The van der Waals surface area contributed by atoms with E-state index in [1.54, 1.807) is 28.6 Å². The Morgan fingerprint density at radius 2 is 2.28 bits per heavy atom. The summed E-state index contributed by atoms with van der Waals surface area (Å²) in [6.45, 7) is 1.66. The van der Waals surface area contributed by atoms with Gasteiger partial charge in [-0.3, -0.25) is 5.10 Å². The van der Waals surface area contributed by atoms with E-state index >= 15 is 0 Å². The molecule has 0 bridgehead atoms. The summed E-state index contributed by atoms with van der Waals surface area (Å²) in [6, 6.07) is 6.35. The molecule has 1 atom stereocenters. The van der Waals surface area contributed by atoms with Crippen molar-refractivity contribution in [1.82, 2.24) is 14.5 Å². The molecule has 0 amide bonds. The van der Waals surface area contributed by atoms with Gasteiger partial charge in [0.25, 0.3) is 0 Å². The quantitative estimate of drug-likeness (QED) is 0.898. The molecular weight excluding hydrogens is 342 g/mol. The Morgan fingerprint density at radius 3 is 3.12 bits per heavy atom. The minimum absolute atomic E-state index is 0.249. The van der Waals surface area contributed by atoms with Crippen molar-refractivity contribution in [3.63, 3.8) is 0 Å². The molecule has 7 nitrogen and oxygen atoms in total.